The number of aromatic hydroxyl groups is 1. The molecule has 1 aliphatic heterocycles. The average molecular weight is 424 g/mol. The first-order valence-electron chi connectivity index (χ1n) is 9.84. The van der Waals surface area contributed by atoms with Crippen LogP contribution in [0.15, 0.2) is 24.3 Å². The minimum atomic E-state index is -1.58. The summed E-state index contributed by atoms with van der Waals surface area (Å²) in [4.78, 5) is 0. The molecular weight excluding hydrogens is 396 g/mol. The summed E-state index contributed by atoms with van der Waals surface area (Å²) in [5.74, 6) is 0.209. The standard InChI is InChI=1S/C20H28N2O8/c1-2-13-12(9-11-5-3-4-6-14(11)25)19(21-22(13)7-8-23)30-20-18(28)17(27)16(26)15(10-24)29-20/h3-6,15-18,20,23-28H,2,7-10H2,1H3/t15-,16-,17+,18-,20?/m1/s1. The Morgan fingerprint density at radius 2 is 1.83 bits per heavy atom. The lowest BCUT2D eigenvalue weighted by molar-refractivity contribution is -0.278. The summed E-state index contributed by atoms with van der Waals surface area (Å²) in [5, 5.41) is 63.5. The Kier molecular flexibility index (Phi) is 7.29. The Morgan fingerprint density at radius 1 is 1.10 bits per heavy atom. The van der Waals surface area contributed by atoms with Crippen molar-refractivity contribution in [2.75, 3.05) is 13.2 Å². The van der Waals surface area contributed by atoms with Crippen molar-refractivity contribution in [2.45, 2.75) is 57.0 Å². The number of ether oxygens (including phenoxy) is 2. The molecule has 2 heterocycles. The van der Waals surface area contributed by atoms with Crippen molar-refractivity contribution in [2.24, 2.45) is 0 Å². The molecule has 166 valence electrons. The van der Waals surface area contributed by atoms with Crippen molar-refractivity contribution in [3.8, 4) is 11.6 Å². The lowest BCUT2D eigenvalue weighted by atomic mass is 9.99. The maximum absolute atomic E-state index is 10.3. The Balaban J connectivity index is 1.96. The molecule has 0 aliphatic carbocycles. The number of phenols is 1. The third kappa shape index (κ3) is 4.43. The topological polar surface area (TPSA) is 158 Å². The molecule has 5 atom stereocenters. The number of nitrogens with zero attached hydrogens (tertiary/aromatic N) is 2. The molecule has 1 fully saturated rings. The molecule has 1 aromatic carbocycles. The highest BCUT2D eigenvalue weighted by atomic mass is 16.7. The van der Waals surface area contributed by atoms with Gasteiger partial charge in [-0.1, -0.05) is 25.1 Å². The fourth-order valence-corrected chi connectivity index (χ4v) is 3.58. The molecule has 1 aromatic heterocycles. The predicted molar refractivity (Wildman–Crippen MR) is 104 cm³/mol. The first-order chi connectivity index (χ1) is 14.4. The summed E-state index contributed by atoms with van der Waals surface area (Å²) >= 11 is 0. The molecule has 10 nitrogen and oxygen atoms in total. The van der Waals surface area contributed by atoms with Gasteiger partial charge in [0, 0.05) is 17.7 Å². The second-order valence-electron chi connectivity index (χ2n) is 7.15. The molecule has 0 bridgehead atoms. The van der Waals surface area contributed by atoms with Gasteiger partial charge in [-0.25, -0.2) is 0 Å². The second-order valence-corrected chi connectivity index (χ2v) is 7.15. The number of phenolic OH excluding ortho intramolecular Hbond substituents is 1. The molecule has 30 heavy (non-hydrogen) atoms. The van der Waals surface area contributed by atoms with E-state index in [1.807, 2.05) is 6.92 Å². The van der Waals surface area contributed by atoms with Gasteiger partial charge in [0.2, 0.25) is 12.2 Å². The van der Waals surface area contributed by atoms with E-state index in [1.165, 1.54) is 0 Å². The zero-order chi connectivity index (χ0) is 21.8. The first kappa shape index (κ1) is 22.5. The van der Waals surface area contributed by atoms with Crippen LogP contribution < -0.4 is 4.74 Å². The molecule has 2 aromatic rings. The summed E-state index contributed by atoms with van der Waals surface area (Å²) in [6.07, 6.45) is -6.31. The molecular formula is C20H28N2O8. The number of hydrogen-bond acceptors (Lipinski definition) is 9. The molecule has 0 amide bonds. The zero-order valence-corrected chi connectivity index (χ0v) is 16.6. The van der Waals surface area contributed by atoms with Crippen molar-refractivity contribution in [3.63, 3.8) is 0 Å². The Morgan fingerprint density at radius 3 is 2.47 bits per heavy atom. The van der Waals surface area contributed by atoms with Gasteiger partial charge < -0.3 is 40.1 Å². The summed E-state index contributed by atoms with van der Waals surface area (Å²) in [5.41, 5.74) is 2.03. The van der Waals surface area contributed by atoms with Crippen LogP contribution in [0.5, 0.6) is 11.6 Å². The molecule has 0 radical (unpaired) electrons. The predicted octanol–water partition coefficient (Wildman–Crippen LogP) is -1.09. The highest BCUT2D eigenvalue weighted by molar-refractivity contribution is 5.42. The number of aliphatic hydroxyl groups is 5. The Hall–Kier alpha value is -2.21. The number of aliphatic hydroxyl groups excluding tert-OH is 5. The van der Waals surface area contributed by atoms with Crippen LogP contribution in [-0.2, 0) is 24.1 Å². The van der Waals surface area contributed by atoms with Gasteiger partial charge in [0.05, 0.1) is 19.8 Å². The quantitative estimate of drug-likeness (QED) is 0.310. The number of aromatic nitrogens is 2. The summed E-state index contributed by atoms with van der Waals surface area (Å²) in [7, 11) is 0. The van der Waals surface area contributed by atoms with Gasteiger partial charge in [-0.3, -0.25) is 4.68 Å². The lowest BCUT2D eigenvalue weighted by Crippen LogP contribution is -2.60. The zero-order valence-electron chi connectivity index (χ0n) is 16.6. The average Bonchev–Trinajstić information content (AvgIpc) is 3.06. The van der Waals surface area contributed by atoms with E-state index in [9.17, 15) is 30.6 Å². The van der Waals surface area contributed by atoms with E-state index in [0.717, 1.165) is 5.69 Å². The van der Waals surface area contributed by atoms with Gasteiger partial charge in [-0.15, -0.1) is 5.10 Å². The van der Waals surface area contributed by atoms with E-state index in [0.29, 0.717) is 17.5 Å². The van der Waals surface area contributed by atoms with E-state index in [1.54, 1.807) is 28.9 Å². The number of benzene rings is 1. The fourth-order valence-electron chi connectivity index (χ4n) is 3.58. The van der Waals surface area contributed by atoms with Crippen LogP contribution in [0.4, 0.5) is 0 Å². The minimum Gasteiger partial charge on any atom is -0.508 e. The van der Waals surface area contributed by atoms with Crippen LogP contribution in [0.25, 0.3) is 0 Å². The molecule has 1 aliphatic rings. The minimum absolute atomic E-state index is 0.105. The molecule has 0 saturated carbocycles. The van der Waals surface area contributed by atoms with E-state index in [2.05, 4.69) is 5.10 Å². The smallest absolute Gasteiger partial charge is 0.239 e. The molecule has 3 rings (SSSR count). The van der Waals surface area contributed by atoms with Crippen molar-refractivity contribution in [1.82, 2.24) is 9.78 Å². The molecule has 0 spiro atoms. The van der Waals surface area contributed by atoms with Crippen molar-refractivity contribution in [1.29, 1.82) is 0 Å². The van der Waals surface area contributed by atoms with Crippen LogP contribution >= 0.6 is 0 Å². The SMILES string of the molecule is CCc1c(Cc2ccccc2O)c(OC2O[C@H](CO)[C@@H](O)[C@H](O)[C@H]2O)nn1CCO. The highest BCUT2D eigenvalue weighted by Gasteiger charge is 2.45. The largest absolute Gasteiger partial charge is 0.508 e. The molecule has 10 heteroatoms. The van der Waals surface area contributed by atoms with E-state index < -0.39 is 37.3 Å². The molecule has 1 unspecified atom stereocenters. The van der Waals surface area contributed by atoms with Crippen molar-refractivity contribution < 1.29 is 40.1 Å². The van der Waals surface area contributed by atoms with E-state index >= 15 is 0 Å². The van der Waals surface area contributed by atoms with Crippen molar-refractivity contribution >= 4 is 0 Å². The molecule has 6 N–H and O–H groups in total. The Labute approximate surface area is 173 Å². The number of hydrogen-bond donors (Lipinski definition) is 6. The number of rotatable bonds is 8. The normalized spacial score (nSPS) is 26.7. The third-order valence-electron chi connectivity index (χ3n) is 5.21. The Bertz CT molecular complexity index is 840. The maximum atomic E-state index is 10.3. The lowest BCUT2D eigenvalue weighted by Gasteiger charge is -2.39. The summed E-state index contributed by atoms with van der Waals surface area (Å²) in [6.45, 7) is 1.41. The van der Waals surface area contributed by atoms with Gasteiger partial charge in [-0.2, -0.15) is 0 Å². The van der Waals surface area contributed by atoms with Gasteiger partial charge in [0.1, 0.15) is 30.2 Å². The fraction of sp³-hybridized carbons (Fsp3) is 0.550. The second kappa shape index (κ2) is 9.73. The van der Waals surface area contributed by atoms with Gasteiger partial charge in [0.15, 0.2) is 0 Å². The first-order valence-corrected chi connectivity index (χ1v) is 9.84. The van der Waals surface area contributed by atoms with Crippen LogP contribution in [-0.4, -0.2) is 84.3 Å². The highest BCUT2D eigenvalue weighted by Crippen LogP contribution is 2.31. The number of para-hydroxylation sites is 1. The molecule has 1 saturated heterocycles. The van der Waals surface area contributed by atoms with Gasteiger partial charge in [0.25, 0.3) is 0 Å². The van der Waals surface area contributed by atoms with E-state index in [-0.39, 0.29) is 31.2 Å². The maximum Gasteiger partial charge on any atom is 0.239 e. The van der Waals surface area contributed by atoms with Crippen LogP contribution in [0.3, 0.4) is 0 Å². The summed E-state index contributed by atoms with van der Waals surface area (Å²) in [6, 6.07) is 6.82. The monoisotopic (exact) mass is 424 g/mol. The van der Waals surface area contributed by atoms with E-state index in [4.69, 9.17) is 9.47 Å². The van der Waals surface area contributed by atoms with Crippen LogP contribution in [0, 0.1) is 0 Å². The van der Waals surface area contributed by atoms with Crippen LogP contribution in [0.1, 0.15) is 23.7 Å². The van der Waals surface area contributed by atoms with Crippen molar-refractivity contribution in [3.05, 3.63) is 41.1 Å². The van der Waals surface area contributed by atoms with Crippen LogP contribution in [0.2, 0.25) is 0 Å². The third-order valence-corrected chi connectivity index (χ3v) is 5.21. The van der Waals surface area contributed by atoms with Gasteiger partial charge in [-0.05, 0) is 18.1 Å². The summed E-state index contributed by atoms with van der Waals surface area (Å²) < 4.78 is 12.8. The van der Waals surface area contributed by atoms with Gasteiger partial charge >= 0.3 is 0 Å².